The van der Waals surface area contributed by atoms with Gasteiger partial charge >= 0.3 is 0 Å². The number of nitrogens with one attached hydrogen (secondary N) is 1. The second-order valence-electron chi connectivity index (χ2n) is 5.65. The molecule has 2 fully saturated rings. The Morgan fingerprint density at radius 1 is 1.24 bits per heavy atom. The molecule has 3 unspecified atom stereocenters. The maximum absolute atomic E-state index is 5.78. The first-order chi connectivity index (χ1) is 8.16. The summed E-state index contributed by atoms with van der Waals surface area (Å²) in [5, 5.41) is 2.43. The zero-order chi connectivity index (χ0) is 12.3. The standard InChI is InChI=1S/C13H27N3O/c1-11-5-4-6-12(2)16(11)14-9-13-10-15(3)7-8-17-13/h11-14H,4-10H2,1-3H3. The van der Waals surface area contributed by atoms with Crippen molar-refractivity contribution in [3.63, 3.8) is 0 Å². The first-order valence-corrected chi connectivity index (χ1v) is 6.99. The minimum Gasteiger partial charge on any atom is -0.374 e. The van der Waals surface area contributed by atoms with Crippen molar-refractivity contribution < 1.29 is 4.74 Å². The van der Waals surface area contributed by atoms with E-state index in [0.29, 0.717) is 18.2 Å². The minimum absolute atomic E-state index is 0.343. The van der Waals surface area contributed by atoms with Crippen LogP contribution in [0.3, 0.4) is 0 Å². The average molecular weight is 241 g/mol. The van der Waals surface area contributed by atoms with Gasteiger partial charge in [0.05, 0.1) is 12.7 Å². The fraction of sp³-hybridized carbons (Fsp3) is 1.00. The number of morpholine rings is 1. The van der Waals surface area contributed by atoms with Crippen LogP contribution in [0.1, 0.15) is 33.1 Å². The third-order valence-corrected chi connectivity index (χ3v) is 4.04. The molecule has 0 aromatic carbocycles. The van der Waals surface area contributed by atoms with Crippen molar-refractivity contribution in [3.8, 4) is 0 Å². The molecule has 0 saturated carbocycles. The van der Waals surface area contributed by atoms with Gasteiger partial charge in [-0.2, -0.15) is 0 Å². The number of rotatable bonds is 3. The first kappa shape index (κ1) is 13.3. The van der Waals surface area contributed by atoms with Crippen LogP contribution in [-0.2, 0) is 4.74 Å². The number of ether oxygens (including phenoxy) is 1. The van der Waals surface area contributed by atoms with Gasteiger partial charge in [0.25, 0.3) is 0 Å². The molecule has 0 aromatic heterocycles. The lowest BCUT2D eigenvalue weighted by Gasteiger charge is -2.40. The van der Waals surface area contributed by atoms with E-state index in [1.807, 2.05) is 0 Å². The Morgan fingerprint density at radius 2 is 1.94 bits per heavy atom. The Balaban J connectivity index is 1.76. The number of hydrogen-bond donors (Lipinski definition) is 1. The van der Waals surface area contributed by atoms with Crippen LogP contribution < -0.4 is 5.43 Å². The van der Waals surface area contributed by atoms with E-state index < -0.39 is 0 Å². The number of piperidine rings is 1. The molecule has 100 valence electrons. The highest BCUT2D eigenvalue weighted by molar-refractivity contribution is 4.78. The van der Waals surface area contributed by atoms with Crippen molar-refractivity contribution in [3.05, 3.63) is 0 Å². The Morgan fingerprint density at radius 3 is 2.59 bits per heavy atom. The van der Waals surface area contributed by atoms with Crippen LogP contribution in [-0.4, -0.2) is 61.4 Å². The van der Waals surface area contributed by atoms with E-state index in [0.717, 1.165) is 26.2 Å². The van der Waals surface area contributed by atoms with E-state index >= 15 is 0 Å². The topological polar surface area (TPSA) is 27.7 Å². The minimum atomic E-state index is 0.343. The van der Waals surface area contributed by atoms with Crippen molar-refractivity contribution in [1.82, 2.24) is 15.3 Å². The summed E-state index contributed by atoms with van der Waals surface area (Å²) in [5.41, 5.74) is 3.59. The van der Waals surface area contributed by atoms with Gasteiger partial charge in [-0.1, -0.05) is 6.42 Å². The smallest absolute Gasteiger partial charge is 0.0840 e. The molecule has 17 heavy (non-hydrogen) atoms. The van der Waals surface area contributed by atoms with E-state index in [-0.39, 0.29) is 0 Å². The van der Waals surface area contributed by atoms with Gasteiger partial charge in [-0.15, -0.1) is 0 Å². The molecule has 2 saturated heterocycles. The Hall–Kier alpha value is -0.160. The number of nitrogens with zero attached hydrogens (tertiary/aromatic N) is 2. The Kier molecular flexibility index (Phi) is 4.79. The molecule has 2 aliphatic heterocycles. The fourth-order valence-corrected chi connectivity index (χ4v) is 2.93. The zero-order valence-electron chi connectivity index (χ0n) is 11.5. The van der Waals surface area contributed by atoms with Crippen molar-refractivity contribution in [1.29, 1.82) is 0 Å². The van der Waals surface area contributed by atoms with E-state index in [1.54, 1.807) is 0 Å². The Bertz CT molecular complexity index is 227. The second kappa shape index (κ2) is 6.14. The molecule has 0 spiro atoms. The summed E-state index contributed by atoms with van der Waals surface area (Å²) in [4.78, 5) is 2.35. The largest absolute Gasteiger partial charge is 0.374 e. The lowest BCUT2D eigenvalue weighted by Crippen LogP contribution is -2.55. The lowest BCUT2D eigenvalue weighted by molar-refractivity contribution is -0.0407. The predicted octanol–water partition coefficient (Wildman–Crippen LogP) is 1.08. The highest BCUT2D eigenvalue weighted by atomic mass is 16.5. The first-order valence-electron chi connectivity index (χ1n) is 6.99. The summed E-state index contributed by atoms with van der Waals surface area (Å²) in [7, 11) is 2.17. The second-order valence-corrected chi connectivity index (χ2v) is 5.65. The van der Waals surface area contributed by atoms with Gasteiger partial charge in [0.15, 0.2) is 0 Å². The van der Waals surface area contributed by atoms with Gasteiger partial charge < -0.3 is 9.64 Å². The Labute approximate surface area is 105 Å². The molecule has 3 atom stereocenters. The maximum Gasteiger partial charge on any atom is 0.0840 e. The van der Waals surface area contributed by atoms with Gasteiger partial charge in [-0.25, -0.2) is 5.01 Å². The van der Waals surface area contributed by atoms with Gasteiger partial charge in [-0.3, -0.25) is 5.43 Å². The SMILES string of the molecule is CC1CCCC(C)N1NCC1CN(C)CCO1. The van der Waals surface area contributed by atoms with Gasteiger partial charge in [0, 0.05) is 31.7 Å². The van der Waals surface area contributed by atoms with E-state index in [2.05, 4.69) is 36.2 Å². The van der Waals surface area contributed by atoms with Crippen LogP contribution in [0, 0.1) is 0 Å². The highest BCUT2D eigenvalue weighted by Gasteiger charge is 2.26. The molecule has 0 aliphatic carbocycles. The maximum atomic E-state index is 5.78. The summed E-state index contributed by atoms with van der Waals surface area (Å²) < 4.78 is 5.78. The van der Waals surface area contributed by atoms with Crippen LogP contribution in [0.5, 0.6) is 0 Å². The number of likely N-dealkylation sites (N-methyl/N-ethyl adjacent to an activating group) is 1. The molecular formula is C13H27N3O. The molecule has 2 heterocycles. The molecule has 1 N–H and O–H groups in total. The van der Waals surface area contributed by atoms with Crippen LogP contribution >= 0.6 is 0 Å². The summed E-state index contributed by atoms with van der Waals surface area (Å²) >= 11 is 0. The quantitative estimate of drug-likeness (QED) is 0.800. The van der Waals surface area contributed by atoms with E-state index in [4.69, 9.17) is 4.74 Å². The van der Waals surface area contributed by atoms with Gasteiger partial charge in [-0.05, 0) is 33.7 Å². The fourth-order valence-electron chi connectivity index (χ4n) is 2.93. The van der Waals surface area contributed by atoms with Crippen LogP contribution in [0.15, 0.2) is 0 Å². The summed E-state index contributed by atoms with van der Waals surface area (Å²) in [5.74, 6) is 0. The van der Waals surface area contributed by atoms with Crippen molar-refractivity contribution in [2.45, 2.75) is 51.3 Å². The average Bonchev–Trinajstić information content (AvgIpc) is 2.28. The molecule has 2 aliphatic rings. The molecule has 0 amide bonds. The highest BCUT2D eigenvalue weighted by Crippen LogP contribution is 2.20. The lowest BCUT2D eigenvalue weighted by atomic mass is 10.00. The van der Waals surface area contributed by atoms with Gasteiger partial charge in [0.1, 0.15) is 0 Å². The normalized spacial score (nSPS) is 37.2. The van der Waals surface area contributed by atoms with Crippen LogP contribution in [0.2, 0.25) is 0 Å². The van der Waals surface area contributed by atoms with Gasteiger partial charge in [0.2, 0.25) is 0 Å². The number of hydrogen-bond acceptors (Lipinski definition) is 4. The molecule has 4 nitrogen and oxygen atoms in total. The zero-order valence-corrected chi connectivity index (χ0v) is 11.5. The van der Waals surface area contributed by atoms with E-state index in [1.165, 1.54) is 19.3 Å². The van der Waals surface area contributed by atoms with Crippen molar-refractivity contribution in [2.75, 3.05) is 33.3 Å². The van der Waals surface area contributed by atoms with Crippen molar-refractivity contribution in [2.24, 2.45) is 0 Å². The molecule has 2 rings (SSSR count). The molecule has 0 bridgehead atoms. The summed E-state index contributed by atoms with van der Waals surface area (Å²) in [6.07, 6.45) is 4.32. The molecule has 0 aromatic rings. The predicted molar refractivity (Wildman–Crippen MR) is 69.9 cm³/mol. The molecule has 0 radical (unpaired) electrons. The third kappa shape index (κ3) is 3.65. The van der Waals surface area contributed by atoms with Crippen molar-refractivity contribution >= 4 is 0 Å². The summed E-state index contributed by atoms with van der Waals surface area (Å²) in [6, 6.07) is 1.31. The molecule has 4 heteroatoms. The number of hydrazine groups is 1. The third-order valence-electron chi connectivity index (χ3n) is 4.04. The monoisotopic (exact) mass is 241 g/mol. The summed E-state index contributed by atoms with van der Waals surface area (Å²) in [6.45, 7) is 8.55. The van der Waals surface area contributed by atoms with Crippen LogP contribution in [0.4, 0.5) is 0 Å². The van der Waals surface area contributed by atoms with E-state index in [9.17, 15) is 0 Å². The van der Waals surface area contributed by atoms with Crippen LogP contribution in [0.25, 0.3) is 0 Å². The molecular weight excluding hydrogens is 214 g/mol.